The Kier molecular flexibility index (Phi) is 11.9. The highest BCUT2D eigenvalue weighted by molar-refractivity contribution is 7.15. The number of aromatic nitrogens is 4. The SMILES string of the molecule is O=C(Cc1ccccc1)Nc1ccc(CCCCc2nnc(NC(O)Cc3cccc(CCNC(=O)c4ccccc4)c3)s2)nn1. The van der Waals surface area contributed by atoms with Crippen LogP contribution in [-0.4, -0.2) is 50.1 Å². The summed E-state index contributed by atoms with van der Waals surface area (Å²) < 4.78 is 0. The molecule has 11 heteroatoms. The van der Waals surface area contributed by atoms with Gasteiger partial charge in [0.2, 0.25) is 11.0 Å². The number of nitrogens with zero attached hydrogens (tertiary/aromatic N) is 4. The fourth-order valence-electron chi connectivity index (χ4n) is 4.86. The van der Waals surface area contributed by atoms with Crippen molar-refractivity contribution in [2.24, 2.45) is 0 Å². The van der Waals surface area contributed by atoms with Crippen LogP contribution in [-0.2, 0) is 36.9 Å². The minimum atomic E-state index is -0.807. The molecule has 5 rings (SSSR count). The summed E-state index contributed by atoms with van der Waals surface area (Å²) in [7, 11) is 0. The molecule has 1 atom stereocenters. The highest BCUT2D eigenvalue weighted by Crippen LogP contribution is 2.19. The van der Waals surface area contributed by atoms with E-state index >= 15 is 0 Å². The molecule has 0 radical (unpaired) electrons. The average Bonchev–Trinajstić information content (AvgIpc) is 3.51. The minimum absolute atomic E-state index is 0.0879. The lowest BCUT2D eigenvalue weighted by molar-refractivity contribution is -0.115. The smallest absolute Gasteiger partial charge is 0.251 e. The summed E-state index contributed by atoms with van der Waals surface area (Å²) in [5.41, 5.74) is 4.53. The Bertz CT molecular complexity index is 1680. The van der Waals surface area contributed by atoms with Crippen LogP contribution in [0.25, 0.3) is 0 Å². The van der Waals surface area contributed by atoms with Gasteiger partial charge in [0.25, 0.3) is 5.91 Å². The van der Waals surface area contributed by atoms with Gasteiger partial charge in [0.1, 0.15) is 11.2 Å². The summed E-state index contributed by atoms with van der Waals surface area (Å²) in [6.45, 7) is 0.528. The van der Waals surface area contributed by atoms with E-state index < -0.39 is 6.23 Å². The zero-order valence-corrected chi connectivity index (χ0v) is 26.2. The van der Waals surface area contributed by atoms with Gasteiger partial charge in [0.05, 0.1) is 12.1 Å². The van der Waals surface area contributed by atoms with Crippen LogP contribution >= 0.6 is 11.3 Å². The van der Waals surface area contributed by atoms with Crippen molar-refractivity contribution in [3.05, 3.63) is 130 Å². The van der Waals surface area contributed by atoms with Crippen molar-refractivity contribution in [2.45, 2.75) is 51.2 Å². The van der Waals surface area contributed by atoms with Crippen LogP contribution in [0.3, 0.4) is 0 Å². The molecule has 0 saturated heterocycles. The summed E-state index contributed by atoms with van der Waals surface area (Å²) in [6.07, 6.45) is 3.96. The van der Waals surface area contributed by atoms with Crippen LogP contribution in [0.4, 0.5) is 10.9 Å². The Morgan fingerprint density at radius 1 is 0.739 bits per heavy atom. The van der Waals surface area contributed by atoms with E-state index in [9.17, 15) is 14.7 Å². The topological polar surface area (TPSA) is 142 Å². The Hall–Kier alpha value is -5.00. The summed E-state index contributed by atoms with van der Waals surface area (Å²) in [5.74, 6) is 0.229. The molecule has 0 aliphatic heterocycles. The van der Waals surface area contributed by atoms with Crippen molar-refractivity contribution >= 4 is 34.1 Å². The number of anilines is 2. The van der Waals surface area contributed by atoms with Crippen LogP contribution in [0.15, 0.2) is 97.1 Å². The highest BCUT2D eigenvalue weighted by atomic mass is 32.1. The Morgan fingerprint density at radius 3 is 2.26 bits per heavy atom. The number of hydrogen-bond acceptors (Lipinski definition) is 9. The lowest BCUT2D eigenvalue weighted by Gasteiger charge is -2.12. The molecule has 4 N–H and O–H groups in total. The van der Waals surface area contributed by atoms with E-state index in [1.54, 1.807) is 18.2 Å². The predicted molar refractivity (Wildman–Crippen MR) is 180 cm³/mol. The third-order valence-electron chi connectivity index (χ3n) is 7.18. The molecule has 2 amide bonds. The third kappa shape index (κ3) is 10.6. The second kappa shape index (κ2) is 16.9. The number of nitrogens with one attached hydrogen (secondary N) is 3. The predicted octanol–water partition coefficient (Wildman–Crippen LogP) is 5.02. The average molecular weight is 636 g/mol. The molecular weight excluding hydrogens is 598 g/mol. The van der Waals surface area contributed by atoms with Crippen LogP contribution in [0, 0.1) is 0 Å². The molecule has 46 heavy (non-hydrogen) atoms. The van der Waals surface area contributed by atoms with Gasteiger partial charge in [-0.3, -0.25) is 9.59 Å². The first-order chi connectivity index (χ1) is 22.5. The fraction of sp³-hybridized carbons (Fsp3) is 0.257. The Labute approximate surface area is 272 Å². The number of aliphatic hydroxyl groups excluding tert-OH is 1. The van der Waals surface area contributed by atoms with Gasteiger partial charge < -0.3 is 21.1 Å². The molecule has 0 fully saturated rings. The van der Waals surface area contributed by atoms with Gasteiger partial charge in [-0.15, -0.1) is 15.3 Å². The molecule has 2 heterocycles. The summed E-state index contributed by atoms with van der Waals surface area (Å²) in [5, 5.41) is 37.8. The summed E-state index contributed by atoms with van der Waals surface area (Å²) in [4.78, 5) is 24.5. The number of aryl methyl sites for hydroxylation is 2. The maximum Gasteiger partial charge on any atom is 0.251 e. The number of unbranched alkanes of at least 4 members (excludes halogenated alkanes) is 1. The molecule has 0 saturated carbocycles. The molecule has 0 aliphatic carbocycles. The molecule has 0 bridgehead atoms. The van der Waals surface area contributed by atoms with Gasteiger partial charge in [-0.25, -0.2) is 0 Å². The monoisotopic (exact) mass is 635 g/mol. The van der Waals surface area contributed by atoms with Gasteiger partial charge in [0, 0.05) is 24.9 Å². The maximum atomic E-state index is 12.3. The second-order valence-electron chi connectivity index (χ2n) is 10.9. The minimum Gasteiger partial charge on any atom is -0.373 e. The normalized spacial score (nSPS) is 11.5. The van der Waals surface area contributed by atoms with E-state index in [4.69, 9.17) is 0 Å². The van der Waals surface area contributed by atoms with E-state index in [2.05, 4.69) is 36.3 Å². The highest BCUT2D eigenvalue weighted by Gasteiger charge is 2.11. The molecule has 10 nitrogen and oxygen atoms in total. The quantitative estimate of drug-likeness (QED) is 0.0875. The van der Waals surface area contributed by atoms with Crippen molar-refractivity contribution in [1.29, 1.82) is 0 Å². The van der Waals surface area contributed by atoms with E-state index in [-0.39, 0.29) is 11.8 Å². The molecule has 0 spiro atoms. The zero-order valence-electron chi connectivity index (χ0n) is 25.4. The number of benzene rings is 3. The Morgan fingerprint density at radius 2 is 1.48 bits per heavy atom. The fourth-order valence-corrected chi connectivity index (χ4v) is 5.69. The van der Waals surface area contributed by atoms with Crippen molar-refractivity contribution in [3.8, 4) is 0 Å². The molecule has 1 unspecified atom stereocenters. The van der Waals surface area contributed by atoms with Gasteiger partial charge >= 0.3 is 0 Å². The Balaban J connectivity index is 0.980. The molecule has 5 aromatic rings. The van der Waals surface area contributed by atoms with Gasteiger partial charge in [-0.1, -0.05) is 84.1 Å². The van der Waals surface area contributed by atoms with Crippen LogP contribution in [0.2, 0.25) is 0 Å². The van der Waals surface area contributed by atoms with Gasteiger partial charge in [0.15, 0.2) is 5.82 Å². The summed E-state index contributed by atoms with van der Waals surface area (Å²) in [6, 6.07) is 30.4. The van der Waals surface area contributed by atoms with E-state index in [1.165, 1.54) is 11.3 Å². The third-order valence-corrected chi connectivity index (χ3v) is 8.10. The number of carbonyl (C=O) groups is 2. The van der Waals surface area contributed by atoms with Gasteiger partial charge in [-0.05, 0) is 66.6 Å². The zero-order chi connectivity index (χ0) is 32.0. The van der Waals surface area contributed by atoms with Crippen LogP contribution in [0.5, 0.6) is 0 Å². The lowest BCUT2D eigenvalue weighted by atomic mass is 10.1. The van der Waals surface area contributed by atoms with Crippen LogP contribution < -0.4 is 16.0 Å². The number of carbonyl (C=O) groups excluding carboxylic acids is 2. The first-order valence-electron chi connectivity index (χ1n) is 15.3. The number of rotatable bonds is 16. The summed E-state index contributed by atoms with van der Waals surface area (Å²) >= 11 is 1.44. The number of amides is 2. The number of aliphatic hydroxyl groups is 1. The van der Waals surface area contributed by atoms with E-state index in [1.807, 2.05) is 78.9 Å². The van der Waals surface area contributed by atoms with Crippen LogP contribution in [0.1, 0.15) is 50.6 Å². The van der Waals surface area contributed by atoms with E-state index in [0.717, 1.165) is 53.1 Å². The van der Waals surface area contributed by atoms with Crippen molar-refractivity contribution in [3.63, 3.8) is 0 Å². The van der Waals surface area contributed by atoms with Gasteiger partial charge in [-0.2, -0.15) is 5.10 Å². The largest absolute Gasteiger partial charge is 0.373 e. The number of hydrogen-bond donors (Lipinski definition) is 4. The maximum absolute atomic E-state index is 12.3. The van der Waals surface area contributed by atoms with Crippen molar-refractivity contribution in [1.82, 2.24) is 25.7 Å². The first-order valence-corrected chi connectivity index (χ1v) is 16.2. The molecule has 236 valence electrons. The first kappa shape index (κ1) is 32.4. The second-order valence-corrected chi connectivity index (χ2v) is 11.9. The van der Waals surface area contributed by atoms with Crippen molar-refractivity contribution in [2.75, 3.05) is 17.2 Å². The van der Waals surface area contributed by atoms with E-state index in [0.29, 0.717) is 42.3 Å². The van der Waals surface area contributed by atoms with Crippen molar-refractivity contribution < 1.29 is 14.7 Å². The molecular formula is C35H37N7O3S. The molecule has 2 aromatic heterocycles. The standard InChI is InChI=1S/C35H37N7O3S/c43-31(23-25-10-3-1-4-11-25)37-30-19-18-29(39-40-30)16-7-8-17-33-41-42-35(46-33)38-32(44)24-27-13-9-12-26(22-27)20-21-36-34(45)28-14-5-2-6-15-28/h1-6,9-15,18-19,22,32,44H,7-8,16-17,20-21,23-24H2,(H,36,45)(H,38,42)(H,37,40,43). The molecule has 3 aromatic carbocycles. The lowest BCUT2D eigenvalue weighted by Crippen LogP contribution is -2.25. The molecule has 0 aliphatic rings.